The van der Waals surface area contributed by atoms with E-state index in [1.54, 1.807) is 0 Å². The molecule has 1 aliphatic heterocycles. The summed E-state index contributed by atoms with van der Waals surface area (Å²) in [7, 11) is 0. The van der Waals surface area contributed by atoms with Crippen LogP contribution in [0, 0.1) is 5.92 Å². The molecule has 18 heavy (non-hydrogen) atoms. The largest absolute Gasteiger partial charge is 0.396 e. The maximum atomic E-state index is 12.2. The third-order valence-electron chi connectivity index (χ3n) is 3.52. The maximum absolute atomic E-state index is 12.2. The number of amides is 1. The Morgan fingerprint density at radius 2 is 1.89 bits per heavy atom. The quantitative estimate of drug-likeness (QED) is 0.871. The van der Waals surface area contributed by atoms with Crippen LogP contribution in [0.5, 0.6) is 0 Å². The molecule has 1 heterocycles. The van der Waals surface area contributed by atoms with Crippen molar-refractivity contribution >= 4 is 21.8 Å². The number of aliphatic hydroxyl groups is 1. The maximum Gasteiger partial charge on any atom is 0.253 e. The Bertz CT molecular complexity index is 397. The van der Waals surface area contributed by atoms with E-state index in [-0.39, 0.29) is 12.5 Å². The van der Waals surface area contributed by atoms with Crippen molar-refractivity contribution < 1.29 is 9.90 Å². The summed E-state index contributed by atoms with van der Waals surface area (Å²) in [5.74, 6) is 0.470. The lowest BCUT2D eigenvalue weighted by Crippen LogP contribution is -2.39. The van der Waals surface area contributed by atoms with Gasteiger partial charge in [-0.05, 0) is 36.5 Å². The van der Waals surface area contributed by atoms with Gasteiger partial charge in [-0.2, -0.15) is 0 Å². The number of benzene rings is 1. The summed E-state index contributed by atoms with van der Waals surface area (Å²) >= 11 is 3.39. The molecule has 0 aliphatic carbocycles. The SMILES string of the molecule is O=C(c1ccc(CBr)cc1)N1CCC(CO)CC1. The Balaban J connectivity index is 1.98. The average molecular weight is 312 g/mol. The van der Waals surface area contributed by atoms with Crippen LogP contribution in [0.1, 0.15) is 28.8 Å². The second-order valence-electron chi connectivity index (χ2n) is 4.75. The van der Waals surface area contributed by atoms with Gasteiger partial charge in [0, 0.05) is 30.6 Å². The number of carbonyl (C=O) groups is 1. The van der Waals surface area contributed by atoms with Crippen molar-refractivity contribution in [2.45, 2.75) is 18.2 Å². The predicted octanol–water partition coefficient (Wildman–Crippen LogP) is 2.43. The van der Waals surface area contributed by atoms with Crippen LogP contribution in [0.15, 0.2) is 24.3 Å². The summed E-state index contributed by atoms with van der Waals surface area (Å²) in [5.41, 5.74) is 1.92. The van der Waals surface area contributed by atoms with Gasteiger partial charge < -0.3 is 10.0 Å². The lowest BCUT2D eigenvalue weighted by atomic mass is 9.97. The smallest absolute Gasteiger partial charge is 0.253 e. The van der Waals surface area contributed by atoms with Crippen LogP contribution in [-0.2, 0) is 5.33 Å². The van der Waals surface area contributed by atoms with Crippen molar-refractivity contribution in [3.8, 4) is 0 Å². The Hall–Kier alpha value is -0.870. The zero-order valence-electron chi connectivity index (χ0n) is 10.3. The first kappa shape index (κ1) is 13.6. The first-order valence-corrected chi connectivity index (χ1v) is 7.41. The van der Waals surface area contributed by atoms with Crippen LogP contribution in [0.25, 0.3) is 0 Å². The fourth-order valence-corrected chi connectivity index (χ4v) is 2.61. The first-order valence-electron chi connectivity index (χ1n) is 6.29. The number of piperidine rings is 1. The second kappa shape index (κ2) is 6.34. The van der Waals surface area contributed by atoms with Crippen molar-refractivity contribution in [3.63, 3.8) is 0 Å². The van der Waals surface area contributed by atoms with Gasteiger partial charge in [-0.1, -0.05) is 28.1 Å². The summed E-state index contributed by atoms with van der Waals surface area (Å²) in [6.07, 6.45) is 1.81. The number of alkyl halides is 1. The van der Waals surface area contributed by atoms with E-state index in [2.05, 4.69) is 15.9 Å². The van der Waals surface area contributed by atoms with E-state index in [1.165, 1.54) is 5.56 Å². The zero-order chi connectivity index (χ0) is 13.0. The normalized spacial score (nSPS) is 16.9. The molecule has 1 aromatic rings. The molecule has 1 saturated heterocycles. The second-order valence-corrected chi connectivity index (χ2v) is 5.31. The number of hydrogen-bond acceptors (Lipinski definition) is 2. The number of aliphatic hydroxyl groups excluding tert-OH is 1. The third-order valence-corrected chi connectivity index (χ3v) is 4.16. The highest BCUT2D eigenvalue weighted by Gasteiger charge is 2.22. The van der Waals surface area contributed by atoms with Crippen LogP contribution in [0.4, 0.5) is 0 Å². The highest BCUT2D eigenvalue weighted by Crippen LogP contribution is 2.19. The molecule has 1 fully saturated rings. The number of halogens is 1. The molecule has 2 rings (SSSR count). The number of rotatable bonds is 3. The zero-order valence-corrected chi connectivity index (χ0v) is 11.9. The van der Waals surface area contributed by atoms with Gasteiger partial charge in [-0.25, -0.2) is 0 Å². The Labute approximate surface area is 116 Å². The van der Waals surface area contributed by atoms with Gasteiger partial charge in [0.2, 0.25) is 0 Å². The monoisotopic (exact) mass is 311 g/mol. The Morgan fingerprint density at radius 3 is 2.39 bits per heavy atom. The van der Waals surface area contributed by atoms with E-state index in [9.17, 15) is 4.79 Å². The Morgan fingerprint density at radius 1 is 1.28 bits per heavy atom. The van der Waals surface area contributed by atoms with Crippen LogP contribution >= 0.6 is 15.9 Å². The Kier molecular flexibility index (Phi) is 4.78. The molecule has 0 spiro atoms. The standard InChI is InChI=1S/C14H18BrNO2/c15-9-11-1-3-13(4-2-11)14(18)16-7-5-12(10-17)6-8-16/h1-4,12,17H,5-10H2. The fraction of sp³-hybridized carbons (Fsp3) is 0.500. The van der Waals surface area contributed by atoms with Gasteiger partial charge in [0.15, 0.2) is 0 Å². The molecule has 1 N–H and O–H groups in total. The van der Waals surface area contributed by atoms with Crippen molar-refractivity contribution in [1.29, 1.82) is 0 Å². The molecular formula is C14H18BrNO2. The fourth-order valence-electron chi connectivity index (χ4n) is 2.24. The predicted molar refractivity (Wildman–Crippen MR) is 74.8 cm³/mol. The van der Waals surface area contributed by atoms with Crippen LogP contribution < -0.4 is 0 Å². The van der Waals surface area contributed by atoms with Gasteiger partial charge >= 0.3 is 0 Å². The van der Waals surface area contributed by atoms with E-state index >= 15 is 0 Å². The lowest BCUT2D eigenvalue weighted by molar-refractivity contribution is 0.0651. The van der Waals surface area contributed by atoms with Crippen LogP contribution in [-0.4, -0.2) is 35.6 Å². The molecule has 4 heteroatoms. The third kappa shape index (κ3) is 3.12. The van der Waals surface area contributed by atoms with Crippen LogP contribution in [0.2, 0.25) is 0 Å². The summed E-state index contributed by atoms with van der Waals surface area (Å²) in [5, 5.41) is 9.89. The van der Waals surface area contributed by atoms with Gasteiger partial charge in [0.25, 0.3) is 5.91 Å². The number of nitrogens with zero attached hydrogens (tertiary/aromatic N) is 1. The minimum atomic E-state index is 0.104. The van der Waals surface area contributed by atoms with E-state index in [0.29, 0.717) is 5.92 Å². The summed E-state index contributed by atoms with van der Waals surface area (Å²) in [6.45, 7) is 1.75. The van der Waals surface area contributed by atoms with Crippen molar-refractivity contribution in [1.82, 2.24) is 4.90 Å². The summed E-state index contributed by atoms with van der Waals surface area (Å²) in [6, 6.07) is 7.72. The molecule has 0 aromatic heterocycles. The summed E-state index contributed by atoms with van der Waals surface area (Å²) in [4.78, 5) is 14.1. The minimum Gasteiger partial charge on any atom is -0.396 e. The van der Waals surface area contributed by atoms with Gasteiger partial charge in [0.05, 0.1) is 0 Å². The molecule has 1 amide bonds. The van der Waals surface area contributed by atoms with Gasteiger partial charge in [-0.3, -0.25) is 4.79 Å². The highest BCUT2D eigenvalue weighted by atomic mass is 79.9. The number of hydrogen-bond donors (Lipinski definition) is 1. The van der Waals surface area contributed by atoms with Crippen molar-refractivity contribution in [2.24, 2.45) is 5.92 Å². The highest BCUT2D eigenvalue weighted by molar-refractivity contribution is 9.08. The first-order chi connectivity index (χ1) is 8.74. The topological polar surface area (TPSA) is 40.5 Å². The molecule has 0 saturated carbocycles. The molecule has 1 aliphatic rings. The summed E-state index contributed by atoms with van der Waals surface area (Å²) < 4.78 is 0. The molecule has 0 unspecified atom stereocenters. The molecule has 98 valence electrons. The molecule has 0 atom stereocenters. The average Bonchev–Trinajstić information content (AvgIpc) is 2.47. The molecule has 0 radical (unpaired) electrons. The van der Waals surface area contributed by atoms with Crippen molar-refractivity contribution in [2.75, 3.05) is 19.7 Å². The minimum absolute atomic E-state index is 0.104. The molecule has 0 bridgehead atoms. The molecular weight excluding hydrogens is 294 g/mol. The molecule has 3 nitrogen and oxygen atoms in total. The van der Waals surface area contributed by atoms with E-state index in [4.69, 9.17) is 5.11 Å². The number of likely N-dealkylation sites (tertiary alicyclic amines) is 1. The van der Waals surface area contributed by atoms with Crippen LogP contribution in [0.3, 0.4) is 0 Å². The lowest BCUT2D eigenvalue weighted by Gasteiger charge is -2.31. The number of carbonyl (C=O) groups excluding carboxylic acids is 1. The van der Waals surface area contributed by atoms with E-state index < -0.39 is 0 Å². The van der Waals surface area contributed by atoms with E-state index in [1.807, 2.05) is 29.2 Å². The van der Waals surface area contributed by atoms with Gasteiger partial charge in [0.1, 0.15) is 0 Å². The van der Waals surface area contributed by atoms with Crippen molar-refractivity contribution in [3.05, 3.63) is 35.4 Å². The molecule has 1 aromatic carbocycles. The van der Waals surface area contributed by atoms with Gasteiger partial charge in [-0.15, -0.1) is 0 Å². The van der Waals surface area contributed by atoms with E-state index in [0.717, 1.165) is 36.8 Å².